The lowest BCUT2D eigenvalue weighted by molar-refractivity contribution is 0.0962. The van der Waals surface area contributed by atoms with Gasteiger partial charge in [0.15, 0.2) is 5.78 Å². The maximum Gasteiger partial charge on any atom is 0.184 e. The second-order valence-electron chi connectivity index (χ2n) is 3.37. The average Bonchev–Trinajstić information content (AvgIpc) is 2.80. The molecule has 0 aliphatic rings. The quantitative estimate of drug-likeness (QED) is 0.831. The van der Waals surface area contributed by atoms with Crippen molar-refractivity contribution in [3.8, 4) is 0 Å². The Morgan fingerprint density at radius 2 is 2.12 bits per heavy atom. The molecule has 2 N–H and O–H groups in total. The number of Topliss-reactive ketones (excluding diaryl/α,β-unsaturated/α-hetero) is 1. The lowest BCUT2D eigenvalue weighted by Gasteiger charge is -2.08. The van der Waals surface area contributed by atoms with Crippen molar-refractivity contribution in [1.29, 1.82) is 0 Å². The second kappa shape index (κ2) is 4.55. The molecule has 0 aliphatic heterocycles. The van der Waals surface area contributed by atoms with Crippen LogP contribution in [0.5, 0.6) is 0 Å². The zero-order valence-electron chi connectivity index (χ0n) is 8.39. The highest BCUT2D eigenvalue weighted by molar-refractivity contribution is 7.10. The van der Waals surface area contributed by atoms with Gasteiger partial charge in [-0.2, -0.15) is 0 Å². The SMILES string of the molecule is NC(C(=O)c1cccc(F)c1)c1cccs1. The summed E-state index contributed by atoms with van der Waals surface area (Å²) in [5, 5.41) is 1.86. The van der Waals surface area contributed by atoms with Gasteiger partial charge in [-0.05, 0) is 23.6 Å². The standard InChI is InChI=1S/C12H10FNOS/c13-9-4-1-3-8(7-9)12(15)11(14)10-5-2-6-16-10/h1-7,11H,14H2. The number of nitrogens with two attached hydrogens (primary N) is 1. The molecule has 2 nitrogen and oxygen atoms in total. The summed E-state index contributed by atoms with van der Waals surface area (Å²) >= 11 is 1.42. The minimum atomic E-state index is -0.707. The van der Waals surface area contributed by atoms with E-state index in [1.807, 2.05) is 11.4 Å². The molecule has 0 saturated heterocycles. The summed E-state index contributed by atoms with van der Waals surface area (Å²) in [7, 11) is 0. The van der Waals surface area contributed by atoms with E-state index in [1.54, 1.807) is 12.1 Å². The van der Waals surface area contributed by atoms with Crippen molar-refractivity contribution in [2.45, 2.75) is 6.04 Å². The number of benzene rings is 1. The zero-order valence-corrected chi connectivity index (χ0v) is 9.21. The molecule has 1 aromatic heterocycles. The van der Waals surface area contributed by atoms with Gasteiger partial charge in [-0.15, -0.1) is 11.3 Å². The highest BCUT2D eigenvalue weighted by atomic mass is 32.1. The summed E-state index contributed by atoms with van der Waals surface area (Å²) in [6, 6.07) is 8.50. The minimum absolute atomic E-state index is 0.262. The van der Waals surface area contributed by atoms with E-state index in [4.69, 9.17) is 5.73 Å². The first kappa shape index (κ1) is 11.0. The lowest BCUT2D eigenvalue weighted by Crippen LogP contribution is -2.20. The first-order chi connectivity index (χ1) is 7.68. The Labute approximate surface area is 96.5 Å². The predicted molar refractivity (Wildman–Crippen MR) is 62.0 cm³/mol. The van der Waals surface area contributed by atoms with E-state index in [-0.39, 0.29) is 5.78 Å². The second-order valence-corrected chi connectivity index (χ2v) is 4.35. The van der Waals surface area contributed by atoms with Gasteiger partial charge in [-0.3, -0.25) is 4.79 Å². The molecule has 0 radical (unpaired) electrons. The van der Waals surface area contributed by atoms with Crippen molar-refractivity contribution in [3.63, 3.8) is 0 Å². The molecule has 0 saturated carbocycles. The average molecular weight is 235 g/mol. The Hall–Kier alpha value is -1.52. The topological polar surface area (TPSA) is 43.1 Å². The van der Waals surface area contributed by atoms with Gasteiger partial charge in [0.1, 0.15) is 11.9 Å². The van der Waals surface area contributed by atoms with Crippen LogP contribution >= 0.6 is 11.3 Å². The fraction of sp³-hybridized carbons (Fsp3) is 0.0833. The molecule has 2 aromatic rings. The van der Waals surface area contributed by atoms with Crippen molar-refractivity contribution in [2.75, 3.05) is 0 Å². The summed E-state index contributed by atoms with van der Waals surface area (Å²) in [6.45, 7) is 0. The lowest BCUT2D eigenvalue weighted by atomic mass is 10.0. The third-order valence-electron chi connectivity index (χ3n) is 2.24. The van der Waals surface area contributed by atoms with E-state index in [9.17, 15) is 9.18 Å². The number of hydrogen-bond donors (Lipinski definition) is 1. The Kier molecular flexibility index (Phi) is 3.12. The van der Waals surface area contributed by atoms with Gasteiger partial charge >= 0.3 is 0 Å². The van der Waals surface area contributed by atoms with Crippen LogP contribution in [0.15, 0.2) is 41.8 Å². The van der Waals surface area contributed by atoms with E-state index in [2.05, 4.69) is 0 Å². The van der Waals surface area contributed by atoms with E-state index in [0.717, 1.165) is 4.88 Å². The summed E-state index contributed by atoms with van der Waals surface area (Å²) in [6.07, 6.45) is 0. The number of thiophene rings is 1. The van der Waals surface area contributed by atoms with Crippen LogP contribution in [0.4, 0.5) is 4.39 Å². The monoisotopic (exact) mass is 235 g/mol. The molecule has 4 heteroatoms. The number of ketones is 1. The number of halogens is 1. The van der Waals surface area contributed by atoms with Crippen molar-refractivity contribution in [2.24, 2.45) is 5.73 Å². The number of rotatable bonds is 3. The van der Waals surface area contributed by atoms with Crippen LogP contribution in [-0.4, -0.2) is 5.78 Å². The molecule has 0 aliphatic carbocycles. The van der Waals surface area contributed by atoms with Gasteiger partial charge < -0.3 is 5.73 Å². The largest absolute Gasteiger partial charge is 0.317 e. The van der Waals surface area contributed by atoms with Crippen molar-refractivity contribution < 1.29 is 9.18 Å². The van der Waals surface area contributed by atoms with E-state index in [0.29, 0.717) is 5.56 Å². The number of carbonyl (C=O) groups excluding carboxylic acids is 1. The van der Waals surface area contributed by atoms with E-state index in [1.165, 1.54) is 29.5 Å². The summed E-state index contributed by atoms with van der Waals surface area (Å²) in [4.78, 5) is 12.7. The molecule has 2 rings (SSSR count). The molecular weight excluding hydrogens is 225 g/mol. The zero-order chi connectivity index (χ0) is 11.5. The van der Waals surface area contributed by atoms with Gasteiger partial charge in [0.05, 0.1) is 0 Å². The molecule has 0 amide bonds. The summed E-state index contributed by atoms with van der Waals surface area (Å²) in [5.41, 5.74) is 6.11. The van der Waals surface area contributed by atoms with E-state index < -0.39 is 11.9 Å². The maximum atomic E-state index is 12.9. The molecule has 1 atom stereocenters. The van der Waals surface area contributed by atoms with Crippen molar-refractivity contribution in [3.05, 3.63) is 58.0 Å². The Balaban J connectivity index is 2.26. The van der Waals surface area contributed by atoms with Gasteiger partial charge in [-0.25, -0.2) is 4.39 Å². The Bertz CT molecular complexity index is 495. The Morgan fingerprint density at radius 1 is 1.31 bits per heavy atom. The van der Waals surface area contributed by atoms with Crippen LogP contribution in [-0.2, 0) is 0 Å². The predicted octanol–water partition coefficient (Wildman–Crippen LogP) is 2.77. The number of hydrogen-bond acceptors (Lipinski definition) is 3. The summed E-state index contributed by atoms with van der Waals surface area (Å²) < 4.78 is 12.9. The van der Waals surface area contributed by atoms with Crippen molar-refractivity contribution >= 4 is 17.1 Å². The molecule has 0 bridgehead atoms. The molecule has 0 spiro atoms. The molecule has 1 aromatic carbocycles. The first-order valence-corrected chi connectivity index (χ1v) is 5.65. The van der Waals surface area contributed by atoms with Gasteiger partial charge in [0.25, 0.3) is 0 Å². The molecule has 1 heterocycles. The normalized spacial score (nSPS) is 12.4. The van der Waals surface area contributed by atoms with Crippen LogP contribution in [0.1, 0.15) is 21.3 Å². The minimum Gasteiger partial charge on any atom is -0.317 e. The highest BCUT2D eigenvalue weighted by Gasteiger charge is 2.18. The molecule has 82 valence electrons. The fourth-order valence-electron chi connectivity index (χ4n) is 1.42. The van der Waals surface area contributed by atoms with Crippen LogP contribution in [0.25, 0.3) is 0 Å². The number of carbonyl (C=O) groups is 1. The third-order valence-corrected chi connectivity index (χ3v) is 3.20. The third kappa shape index (κ3) is 2.18. The maximum absolute atomic E-state index is 12.9. The van der Waals surface area contributed by atoms with Crippen LogP contribution in [0.2, 0.25) is 0 Å². The molecular formula is C12H10FNOS. The smallest absolute Gasteiger partial charge is 0.184 e. The summed E-state index contributed by atoms with van der Waals surface area (Å²) in [5.74, 6) is -0.689. The molecule has 1 unspecified atom stereocenters. The molecule has 16 heavy (non-hydrogen) atoms. The van der Waals surface area contributed by atoms with Gasteiger partial charge in [0, 0.05) is 10.4 Å². The van der Waals surface area contributed by atoms with Crippen LogP contribution in [0, 0.1) is 5.82 Å². The Morgan fingerprint density at radius 3 is 2.75 bits per heavy atom. The fourth-order valence-corrected chi connectivity index (χ4v) is 2.14. The van der Waals surface area contributed by atoms with Gasteiger partial charge in [0.2, 0.25) is 0 Å². The van der Waals surface area contributed by atoms with Crippen LogP contribution < -0.4 is 5.73 Å². The van der Waals surface area contributed by atoms with Crippen molar-refractivity contribution in [1.82, 2.24) is 0 Å². The van der Waals surface area contributed by atoms with Gasteiger partial charge in [-0.1, -0.05) is 18.2 Å². The first-order valence-electron chi connectivity index (χ1n) is 4.77. The van der Waals surface area contributed by atoms with Crippen LogP contribution in [0.3, 0.4) is 0 Å². The molecule has 0 fully saturated rings. The highest BCUT2D eigenvalue weighted by Crippen LogP contribution is 2.20. The van der Waals surface area contributed by atoms with E-state index >= 15 is 0 Å².